The van der Waals surface area contributed by atoms with Crippen LogP contribution in [-0.2, 0) is 4.79 Å². The number of aromatic nitrogens is 3. The number of amides is 1. The maximum absolute atomic E-state index is 12.8. The maximum atomic E-state index is 12.8. The zero-order valence-corrected chi connectivity index (χ0v) is 16.3. The summed E-state index contributed by atoms with van der Waals surface area (Å²) in [6.45, 7) is 4.72. The second-order valence-corrected chi connectivity index (χ2v) is 9.04. The summed E-state index contributed by atoms with van der Waals surface area (Å²) in [6, 6.07) is 3.55. The van der Waals surface area contributed by atoms with E-state index in [4.69, 9.17) is 11.6 Å². The van der Waals surface area contributed by atoms with Crippen molar-refractivity contribution in [1.29, 1.82) is 0 Å². The highest BCUT2D eigenvalue weighted by Gasteiger charge is 2.54. The van der Waals surface area contributed by atoms with Crippen LogP contribution in [0.15, 0.2) is 30.4 Å². The molecule has 6 heteroatoms. The molecule has 140 valence electrons. The topological polar surface area (TPSA) is 59.8 Å². The third kappa shape index (κ3) is 2.63. The third-order valence-corrected chi connectivity index (χ3v) is 7.17. The number of halogens is 1. The molecule has 0 radical (unpaired) electrons. The van der Waals surface area contributed by atoms with Gasteiger partial charge in [-0.25, -0.2) is 9.97 Å². The van der Waals surface area contributed by atoms with Crippen LogP contribution in [0.5, 0.6) is 0 Å². The minimum atomic E-state index is 0.0349. The molecule has 1 amide bonds. The van der Waals surface area contributed by atoms with Gasteiger partial charge < -0.3 is 0 Å². The van der Waals surface area contributed by atoms with E-state index in [9.17, 15) is 4.79 Å². The Kier molecular flexibility index (Phi) is 3.73. The van der Waals surface area contributed by atoms with Gasteiger partial charge in [0.25, 0.3) is 0 Å². The van der Waals surface area contributed by atoms with E-state index in [1.54, 1.807) is 6.07 Å². The number of pyridine rings is 1. The number of hydrogen-bond donors (Lipinski definition) is 1. The van der Waals surface area contributed by atoms with Gasteiger partial charge in [0.15, 0.2) is 5.65 Å². The number of carbonyl (C=O) groups excluding carboxylic acids is 1. The number of carbonyl (C=O) groups is 1. The van der Waals surface area contributed by atoms with Crippen molar-refractivity contribution in [3.63, 3.8) is 0 Å². The molecule has 6 rings (SSSR count). The number of allylic oxidation sites excluding steroid dienone is 4. The number of rotatable bonds is 4. The summed E-state index contributed by atoms with van der Waals surface area (Å²) in [5, 5.41) is 3.45. The Bertz CT molecular complexity index is 1000. The Morgan fingerprint density at radius 2 is 2.15 bits per heavy atom. The van der Waals surface area contributed by atoms with Gasteiger partial charge in [0.2, 0.25) is 11.9 Å². The standard InChI is InChI=1S/C21H23ClN4O/c1-21(2)13-7-6-12(15(21)11-13)10-18(27)25-20-23-16-8-9-17(22)24-19(16)26(20)14-4-3-5-14/h3-5,8-9,12-13,15H,6-7,10-11H2,1-2H3,(H,23,25,27)/t12-,13-,15+/m0/s1. The molecular weight excluding hydrogens is 360 g/mol. The van der Waals surface area contributed by atoms with Gasteiger partial charge in [0.05, 0.1) is 5.70 Å². The van der Waals surface area contributed by atoms with Gasteiger partial charge >= 0.3 is 0 Å². The van der Waals surface area contributed by atoms with Crippen molar-refractivity contribution < 1.29 is 4.79 Å². The normalized spacial score (nSPS) is 27.7. The van der Waals surface area contributed by atoms with E-state index in [0.717, 1.165) is 23.6 Å². The zero-order valence-electron chi connectivity index (χ0n) is 15.6. The van der Waals surface area contributed by atoms with Crippen molar-refractivity contribution in [3.8, 4) is 0 Å². The van der Waals surface area contributed by atoms with E-state index in [0.29, 0.717) is 40.4 Å². The van der Waals surface area contributed by atoms with E-state index in [1.165, 1.54) is 12.8 Å². The molecule has 2 aromatic rings. The van der Waals surface area contributed by atoms with E-state index < -0.39 is 0 Å². The smallest absolute Gasteiger partial charge is 0.226 e. The average molecular weight is 383 g/mol. The van der Waals surface area contributed by atoms with Gasteiger partial charge in [-0.2, -0.15) is 0 Å². The van der Waals surface area contributed by atoms with E-state index in [-0.39, 0.29) is 5.91 Å². The molecule has 4 aliphatic rings. The van der Waals surface area contributed by atoms with E-state index in [1.807, 2.05) is 28.9 Å². The predicted octanol–water partition coefficient (Wildman–Crippen LogP) is 4.90. The molecule has 3 fully saturated rings. The highest BCUT2D eigenvalue weighted by atomic mass is 35.5. The maximum Gasteiger partial charge on any atom is 0.226 e. The summed E-state index contributed by atoms with van der Waals surface area (Å²) in [4.78, 5) is 21.8. The van der Waals surface area contributed by atoms with Crippen LogP contribution in [0.4, 0.5) is 5.95 Å². The summed E-state index contributed by atoms with van der Waals surface area (Å²) in [5.41, 5.74) is 2.72. The number of fused-ring (bicyclic) bond motifs is 3. The van der Waals surface area contributed by atoms with Gasteiger partial charge in [0, 0.05) is 6.42 Å². The Labute approximate surface area is 163 Å². The van der Waals surface area contributed by atoms with Crippen LogP contribution < -0.4 is 5.32 Å². The first-order valence-electron chi connectivity index (χ1n) is 9.67. The molecule has 0 aliphatic heterocycles. The summed E-state index contributed by atoms with van der Waals surface area (Å²) in [7, 11) is 0. The molecule has 0 spiro atoms. The lowest BCUT2D eigenvalue weighted by molar-refractivity contribution is -0.128. The number of anilines is 1. The average Bonchev–Trinajstić information content (AvgIpc) is 2.90. The fourth-order valence-electron chi connectivity index (χ4n) is 5.21. The summed E-state index contributed by atoms with van der Waals surface area (Å²) < 4.78 is 1.86. The van der Waals surface area contributed by atoms with Crippen LogP contribution >= 0.6 is 11.6 Å². The van der Waals surface area contributed by atoms with Gasteiger partial charge in [-0.3, -0.25) is 14.7 Å². The summed E-state index contributed by atoms with van der Waals surface area (Å²) in [6.07, 6.45) is 10.1. The van der Waals surface area contributed by atoms with Crippen molar-refractivity contribution in [1.82, 2.24) is 14.5 Å². The summed E-state index contributed by atoms with van der Waals surface area (Å²) in [5.74, 6) is 2.53. The van der Waals surface area contributed by atoms with E-state index >= 15 is 0 Å². The first-order valence-corrected chi connectivity index (χ1v) is 10.0. The molecule has 0 unspecified atom stereocenters. The molecule has 0 saturated heterocycles. The molecule has 1 N–H and O–H groups in total. The van der Waals surface area contributed by atoms with Crippen molar-refractivity contribution in [3.05, 3.63) is 35.5 Å². The van der Waals surface area contributed by atoms with Gasteiger partial charge in [-0.15, -0.1) is 0 Å². The van der Waals surface area contributed by atoms with Crippen LogP contribution in [0.3, 0.4) is 0 Å². The minimum Gasteiger partial charge on any atom is -0.296 e. The molecule has 2 heterocycles. The monoisotopic (exact) mass is 382 g/mol. The summed E-state index contributed by atoms with van der Waals surface area (Å²) >= 11 is 6.07. The molecule has 0 aromatic carbocycles. The van der Waals surface area contributed by atoms with Crippen LogP contribution in [-0.4, -0.2) is 20.4 Å². The first kappa shape index (κ1) is 17.0. The van der Waals surface area contributed by atoms with Crippen molar-refractivity contribution in [2.45, 2.75) is 39.5 Å². The van der Waals surface area contributed by atoms with Crippen molar-refractivity contribution in [2.75, 3.05) is 5.32 Å². The largest absolute Gasteiger partial charge is 0.296 e. The number of imidazole rings is 1. The lowest BCUT2D eigenvalue weighted by Crippen LogP contribution is -2.52. The number of nitrogens with zero attached hydrogens (tertiary/aromatic N) is 3. The second kappa shape index (κ2) is 5.93. The van der Waals surface area contributed by atoms with Gasteiger partial charge in [0.1, 0.15) is 10.7 Å². The second-order valence-electron chi connectivity index (χ2n) is 8.65. The Morgan fingerprint density at radius 3 is 2.81 bits per heavy atom. The highest BCUT2D eigenvalue weighted by Crippen LogP contribution is 2.62. The van der Waals surface area contributed by atoms with E-state index in [2.05, 4.69) is 29.1 Å². The molecule has 2 bridgehead atoms. The number of hydrogen-bond acceptors (Lipinski definition) is 3. The highest BCUT2D eigenvalue weighted by molar-refractivity contribution is 6.29. The quantitative estimate of drug-likeness (QED) is 0.765. The fourth-order valence-corrected chi connectivity index (χ4v) is 5.36. The molecule has 3 atom stereocenters. The van der Waals surface area contributed by atoms with Gasteiger partial charge in [-0.05, 0) is 66.7 Å². The molecule has 3 saturated carbocycles. The molecular formula is C21H23ClN4O. The van der Waals surface area contributed by atoms with Crippen molar-refractivity contribution in [2.24, 2.45) is 23.2 Å². The Balaban J connectivity index is 1.39. The Morgan fingerprint density at radius 1 is 1.33 bits per heavy atom. The van der Waals surface area contributed by atoms with Crippen molar-refractivity contribution >= 4 is 40.3 Å². The fraction of sp³-hybridized carbons (Fsp3) is 0.476. The van der Waals surface area contributed by atoms with Crippen LogP contribution in [0.2, 0.25) is 5.15 Å². The van der Waals surface area contributed by atoms with Gasteiger partial charge in [-0.1, -0.05) is 31.5 Å². The predicted molar refractivity (Wildman–Crippen MR) is 107 cm³/mol. The Hall–Kier alpha value is -2.14. The molecule has 4 aliphatic carbocycles. The SMILES string of the molecule is CC1(C)[C@H]2CC[C@@H](CC(=O)Nc3nc4ccc(Cl)nc4n3C3=CC=C3)[C@H]1C2. The van der Waals surface area contributed by atoms with Crippen LogP contribution in [0.25, 0.3) is 16.9 Å². The zero-order chi connectivity index (χ0) is 18.8. The number of nitrogens with one attached hydrogen (secondary N) is 1. The lowest BCUT2D eigenvalue weighted by atomic mass is 9.45. The third-order valence-electron chi connectivity index (χ3n) is 6.96. The van der Waals surface area contributed by atoms with Crippen LogP contribution in [0.1, 0.15) is 39.5 Å². The lowest BCUT2D eigenvalue weighted by Gasteiger charge is -2.60. The molecule has 27 heavy (non-hydrogen) atoms. The molecule has 2 aromatic heterocycles. The first-order chi connectivity index (χ1) is 12.9. The van der Waals surface area contributed by atoms with Crippen LogP contribution in [0, 0.1) is 23.2 Å². The molecule has 5 nitrogen and oxygen atoms in total. The minimum absolute atomic E-state index is 0.0349.